The molecule has 0 fully saturated rings. The van der Waals surface area contributed by atoms with Crippen molar-refractivity contribution in [3.05, 3.63) is 59.2 Å². The summed E-state index contributed by atoms with van der Waals surface area (Å²) in [4.78, 5) is 1.15. The van der Waals surface area contributed by atoms with Crippen molar-refractivity contribution < 1.29 is 9.84 Å². The molecule has 1 aliphatic heterocycles. The number of anilines is 1. The Hall–Kier alpha value is -3.55. The minimum Gasteiger partial charge on any atom is -0.485 e. The predicted octanol–water partition coefficient (Wildman–Crippen LogP) is 2.95. The van der Waals surface area contributed by atoms with Gasteiger partial charge < -0.3 is 15.2 Å². The quantitative estimate of drug-likeness (QED) is 0.322. The zero-order chi connectivity index (χ0) is 20.5. The van der Waals surface area contributed by atoms with E-state index < -0.39 is 17.7 Å². The lowest BCUT2D eigenvalue weighted by molar-refractivity contribution is -0.0611. The van der Waals surface area contributed by atoms with Crippen LogP contribution in [0.5, 0.6) is 5.75 Å². The summed E-state index contributed by atoms with van der Waals surface area (Å²) < 4.78 is 5.88. The number of nitriles is 2. The largest absolute Gasteiger partial charge is 0.485 e. The van der Waals surface area contributed by atoms with Crippen LogP contribution in [-0.2, 0) is 0 Å². The van der Waals surface area contributed by atoms with E-state index >= 15 is 0 Å². The Balaban J connectivity index is 1.97. The molecule has 2 aromatic rings. The molecular weight excluding hydrogens is 354 g/mol. The molecule has 0 spiro atoms. The molecule has 142 valence electrons. The number of ether oxygens (including phenoxy) is 1. The second-order valence-corrected chi connectivity index (χ2v) is 7.26. The second-order valence-electron chi connectivity index (χ2n) is 7.26. The number of benzene rings is 2. The van der Waals surface area contributed by atoms with Gasteiger partial charge in [-0.1, -0.05) is 12.1 Å². The number of rotatable bonds is 2. The fourth-order valence-corrected chi connectivity index (χ4v) is 3.24. The van der Waals surface area contributed by atoms with Crippen LogP contribution >= 0.6 is 0 Å². The van der Waals surface area contributed by atoms with E-state index in [0.29, 0.717) is 22.6 Å². The summed E-state index contributed by atoms with van der Waals surface area (Å²) in [5.41, 5.74) is 1.58. The average molecular weight is 375 g/mol. The molecule has 1 aliphatic rings. The number of aryl methyl sites for hydroxylation is 1. The summed E-state index contributed by atoms with van der Waals surface area (Å²) >= 11 is 0. The maximum absolute atomic E-state index is 10.9. The van der Waals surface area contributed by atoms with E-state index in [9.17, 15) is 15.6 Å². The van der Waals surface area contributed by atoms with E-state index in [-0.39, 0.29) is 5.96 Å². The van der Waals surface area contributed by atoms with Crippen LogP contribution in [0.15, 0.2) is 42.5 Å². The molecule has 0 bridgehead atoms. The Kier molecular flexibility index (Phi) is 4.96. The number of guanidine groups is 1. The van der Waals surface area contributed by atoms with E-state index in [1.807, 2.05) is 25.2 Å². The monoisotopic (exact) mass is 375 g/mol. The molecular formula is C21H21N5O2. The third kappa shape index (κ3) is 3.48. The highest BCUT2D eigenvalue weighted by molar-refractivity contribution is 5.96. The van der Waals surface area contributed by atoms with Gasteiger partial charge in [-0.3, -0.25) is 5.41 Å². The van der Waals surface area contributed by atoms with Gasteiger partial charge in [0.25, 0.3) is 0 Å². The van der Waals surface area contributed by atoms with Gasteiger partial charge in [0.2, 0.25) is 5.96 Å². The fraction of sp³-hybridized carbons (Fsp3) is 0.286. The molecule has 2 atom stereocenters. The van der Waals surface area contributed by atoms with Crippen LogP contribution in [0.2, 0.25) is 0 Å². The highest BCUT2D eigenvalue weighted by Crippen LogP contribution is 2.40. The lowest BCUT2D eigenvalue weighted by Crippen LogP contribution is -2.55. The molecule has 28 heavy (non-hydrogen) atoms. The summed E-state index contributed by atoms with van der Waals surface area (Å²) in [7, 11) is 0. The molecule has 0 saturated heterocycles. The summed E-state index contributed by atoms with van der Waals surface area (Å²) in [5, 5.41) is 41.0. The Labute approximate surface area is 163 Å². The number of nitrogens with zero attached hydrogens (tertiary/aromatic N) is 3. The topological polar surface area (TPSA) is 116 Å². The van der Waals surface area contributed by atoms with E-state index in [1.165, 1.54) is 0 Å². The zero-order valence-corrected chi connectivity index (χ0v) is 15.9. The summed E-state index contributed by atoms with van der Waals surface area (Å²) in [6.45, 7) is 5.40. The van der Waals surface area contributed by atoms with Gasteiger partial charge in [-0.15, -0.1) is 0 Å². The van der Waals surface area contributed by atoms with Gasteiger partial charge in [-0.05, 0) is 56.7 Å². The third-order valence-corrected chi connectivity index (χ3v) is 4.75. The van der Waals surface area contributed by atoms with Gasteiger partial charge in [-0.2, -0.15) is 10.5 Å². The Morgan fingerprint density at radius 2 is 2.00 bits per heavy atom. The van der Waals surface area contributed by atoms with Crippen LogP contribution in [0.4, 0.5) is 5.69 Å². The van der Waals surface area contributed by atoms with Crippen LogP contribution in [0.25, 0.3) is 0 Å². The first-order chi connectivity index (χ1) is 13.3. The average Bonchev–Trinajstić information content (AvgIpc) is 2.65. The molecule has 3 N–H and O–H groups in total. The van der Waals surface area contributed by atoms with Crippen molar-refractivity contribution in [1.82, 2.24) is 5.32 Å². The van der Waals surface area contributed by atoms with Crippen LogP contribution in [0.1, 0.15) is 36.6 Å². The van der Waals surface area contributed by atoms with Crippen molar-refractivity contribution in [2.75, 3.05) is 4.90 Å². The highest BCUT2D eigenvalue weighted by atomic mass is 16.5. The predicted molar refractivity (Wildman–Crippen MR) is 105 cm³/mol. The number of nitrogens with one attached hydrogen (secondary N) is 2. The van der Waals surface area contributed by atoms with E-state index in [2.05, 4.69) is 11.4 Å². The highest BCUT2D eigenvalue weighted by Gasteiger charge is 2.43. The molecule has 0 aromatic heterocycles. The van der Waals surface area contributed by atoms with Crippen molar-refractivity contribution in [3.63, 3.8) is 0 Å². The minimum atomic E-state index is -1.01. The van der Waals surface area contributed by atoms with Gasteiger partial charge in [0.15, 0.2) is 6.19 Å². The van der Waals surface area contributed by atoms with E-state index in [4.69, 9.17) is 10.1 Å². The van der Waals surface area contributed by atoms with Gasteiger partial charge in [0, 0.05) is 5.56 Å². The Morgan fingerprint density at radius 3 is 2.64 bits per heavy atom. The van der Waals surface area contributed by atoms with Crippen LogP contribution in [0.3, 0.4) is 0 Å². The molecule has 0 aliphatic carbocycles. The lowest BCUT2D eigenvalue weighted by atomic mass is 9.86. The van der Waals surface area contributed by atoms with Gasteiger partial charge in [0.1, 0.15) is 17.5 Å². The molecule has 0 unspecified atom stereocenters. The Morgan fingerprint density at radius 1 is 1.25 bits per heavy atom. The normalized spacial score (nSPS) is 19.4. The lowest BCUT2D eigenvalue weighted by Gasteiger charge is -2.42. The van der Waals surface area contributed by atoms with Crippen LogP contribution in [-0.4, -0.2) is 22.8 Å². The van der Waals surface area contributed by atoms with Gasteiger partial charge in [0.05, 0.1) is 23.4 Å². The summed E-state index contributed by atoms with van der Waals surface area (Å²) in [6.07, 6.45) is 0.991. The molecule has 0 radical (unpaired) electrons. The van der Waals surface area contributed by atoms with E-state index in [1.54, 1.807) is 44.2 Å². The first kappa shape index (κ1) is 19.2. The molecule has 0 saturated carbocycles. The molecule has 0 amide bonds. The number of fused-ring (bicyclic) bond motifs is 1. The van der Waals surface area contributed by atoms with Gasteiger partial charge in [-0.25, -0.2) is 4.90 Å². The number of aliphatic hydroxyl groups is 1. The van der Waals surface area contributed by atoms with Crippen molar-refractivity contribution in [2.45, 2.75) is 38.5 Å². The third-order valence-electron chi connectivity index (χ3n) is 4.75. The SMILES string of the molecule is Cc1cccc(N(C#N)C(=N)N[C@@H]2c3cc(C#N)ccc3OC(C)(C)[C@H]2O)c1. The standard InChI is InChI=1S/C21H21N5O2/c1-13-5-4-6-15(9-13)26(12-23)20(24)25-18-16-10-14(11-22)7-8-17(16)28-21(2,3)19(18)27/h4-10,18-19,27H,1-3H3,(H2,24,25)/t18-,19+/m1/s1. The van der Waals surface area contributed by atoms with Crippen molar-refractivity contribution in [3.8, 4) is 18.0 Å². The fourth-order valence-electron chi connectivity index (χ4n) is 3.24. The van der Waals surface area contributed by atoms with Crippen molar-refractivity contribution in [1.29, 1.82) is 15.9 Å². The molecule has 2 aromatic carbocycles. The maximum atomic E-state index is 10.9. The zero-order valence-electron chi connectivity index (χ0n) is 15.9. The minimum absolute atomic E-state index is 0.178. The van der Waals surface area contributed by atoms with Crippen LogP contribution < -0.4 is 15.0 Å². The van der Waals surface area contributed by atoms with Crippen LogP contribution in [0, 0.1) is 35.1 Å². The molecule has 7 nitrogen and oxygen atoms in total. The first-order valence-corrected chi connectivity index (χ1v) is 8.79. The molecule has 1 heterocycles. The first-order valence-electron chi connectivity index (χ1n) is 8.79. The Bertz CT molecular complexity index is 1000. The second kappa shape index (κ2) is 7.22. The number of hydrogen-bond acceptors (Lipinski definition) is 5. The van der Waals surface area contributed by atoms with Crippen molar-refractivity contribution in [2.24, 2.45) is 0 Å². The summed E-state index contributed by atoms with van der Waals surface area (Å²) in [5.74, 6) is 0.349. The van der Waals surface area contributed by atoms with Gasteiger partial charge >= 0.3 is 0 Å². The molecule has 7 heteroatoms. The van der Waals surface area contributed by atoms with E-state index in [0.717, 1.165) is 10.5 Å². The maximum Gasteiger partial charge on any atom is 0.209 e. The summed E-state index contributed by atoms with van der Waals surface area (Å²) in [6, 6.07) is 13.5. The molecule has 3 rings (SSSR count). The number of aliphatic hydroxyl groups excluding tert-OH is 1. The van der Waals surface area contributed by atoms with Crippen molar-refractivity contribution >= 4 is 11.6 Å². The smallest absolute Gasteiger partial charge is 0.209 e. The number of hydrogen-bond donors (Lipinski definition) is 3.